The smallest absolute Gasteiger partial charge is 0 e. The van der Waals surface area contributed by atoms with Gasteiger partial charge in [0.25, 0.3) is 0 Å². The number of hydrogen-bond donors (Lipinski definition) is 0. The van der Waals surface area contributed by atoms with Crippen LogP contribution in [0.1, 0.15) is 415 Å². The van der Waals surface area contributed by atoms with E-state index in [1.54, 1.807) is 0 Å². The van der Waals surface area contributed by atoms with Crippen molar-refractivity contribution in [2.75, 3.05) is 0 Å². The summed E-state index contributed by atoms with van der Waals surface area (Å²) in [5, 5.41) is 96.4. The van der Waals surface area contributed by atoms with Crippen molar-refractivity contribution >= 4 is 57.1 Å². The molecular weight excluding hydrogens is 1700 g/mol. The molecule has 0 saturated carbocycles. The summed E-state index contributed by atoms with van der Waals surface area (Å²) in [6.07, 6.45) is 0. The van der Waals surface area contributed by atoms with E-state index in [1.165, 1.54) is 0 Å². The molecule has 0 rings (SSSR count). The predicted octanol–water partition coefficient (Wildman–Crippen LogP) is 30.9. The first-order chi connectivity index (χ1) is 41.5. The summed E-state index contributed by atoms with van der Waals surface area (Å²) in [5.41, 5.74) is 3.99. The normalized spacial score (nSPS) is 13.1. The molecule has 0 aliphatic heterocycles. The molecule has 0 bridgehead atoms. The van der Waals surface area contributed by atoms with E-state index >= 15 is 0 Å². The zero-order chi connectivity index (χ0) is 85.8. The van der Waals surface area contributed by atoms with Gasteiger partial charge in [-0.2, -0.15) is 57.1 Å². The minimum atomic E-state index is -0.0851. The Bertz CT molecular complexity index is 1770. The topological polar surface area (TPSA) is 223 Å². The summed E-state index contributed by atoms with van der Waals surface area (Å²) in [5.74, 6) is 0. The van der Waals surface area contributed by atoms with E-state index in [9.17, 15) is 54.1 Å². The number of hydrogen-bond acceptors (Lipinski definition) is 0. The Kier molecular flexibility index (Phi) is 54.9. The van der Waals surface area contributed by atoms with Gasteiger partial charge >= 0.3 is 0 Å². The van der Waals surface area contributed by atoms with Crippen molar-refractivity contribution in [2.45, 2.75) is 415 Å². The van der Waals surface area contributed by atoms with Crippen LogP contribution < -0.4 is 0 Å². The standard InChI is InChI=1S/10C9H18N.2U/c10*1-8(2,3)7(10)9(4,5)6;;/h10*1-6H3;;/q10*-1;;. The molecule has 0 spiro atoms. The van der Waals surface area contributed by atoms with Gasteiger partial charge < -0.3 is 54.1 Å². The second-order valence-electron chi connectivity index (χ2n) is 48.5. The van der Waals surface area contributed by atoms with Gasteiger partial charge in [-0.25, -0.2) is 0 Å². The molecule has 0 atom stereocenters. The first-order valence-corrected chi connectivity index (χ1v) is 37.2. The number of nitrogens with zero attached hydrogens (tertiary/aromatic N) is 10. The third-order valence-electron chi connectivity index (χ3n) is 14.2. The summed E-state index contributed by atoms with van der Waals surface area (Å²) in [6, 6.07) is 0. The zero-order valence-corrected chi connectivity index (χ0v) is 88.8. The summed E-state index contributed by atoms with van der Waals surface area (Å²) < 4.78 is 0. The van der Waals surface area contributed by atoms with Crippen LogP contribution in [-0.4, -0.2) is 57.1 Å². The summed E-state index contributed by atoms with van der Waals surface area (Å²) in [4.78, 5) is 0. The summed E-state index contributed by atoms with van der Waals surface area (Å²) in [6.45, 7) is 121. The van der Waals surface area contributed by atoms with Crippen molar-refractivity contribution in [1.29, 1.82) is 0 Å². The van der Waals surface area contributed by atoms with Crippen LogP contribution in [0.4, 0.5) is 0 Å². The van der Waals surface area contributed by atoms with Gasteiger partial charge in [0.1, 0.15) is 0 Å². The fraction of sp³-hybridized carbons (Fsp3) is 0.889. The fourth-order valence-corrected chi connectivity index (χ4v) is 11.2. The maximum absolute atomic E-state index is 9.64. The second-order valence-corrected chi connectivity index (χ2v) is 48.5. The first kappa shape index (κ1) is 127. The molecule has 0 radical (unpaired) electrons. The maximum Gasteiger partial charge on any atom is 0 e. The van der Waals surface area contributed by atoms with Gasteiger partial charge in [-0.3, -0.25) is 0 Å². The molecule has 0 heterocycles. The van der Waals surface area contributed by atoms with Gasteiger partial charge in [0, 0.05) is 62.2 Å². The van der Waals surface area contributed by atoms with Crippen LogP contribution in [0, 0.1) is 171 Å². The Hall–Kier alpha value is -1.20. The van der Waals surface area contributed by atoms with Crippen molar-refractivity contribution in [3.8, 4) is 0 Å². The Morgan fingerprint density at radius 2 is 0.108 bits per heavy atom. The van der Waals surface area contributed by atoms with Gasteiger partial charge in [0.2, 0.25) is 0 Å². The molecule has 12 heteroatoms. The van der Waals surface area contributed by atoms with Gasteiger partial charge in [0.05, 0.1) is 0 Å². The maximum atomic E-state index is 9.64. The van der Waals surface area contributed by atoms with Crippen molar-refractivity contribution in [3.05, 3.63) is 54.1 Å². The molecule has 0 aliphatic rings. The summed E-state index contributed by atoms with van der Waals surface area (Å²) >= 11 is 0. The molecule has 0 aromatic carbocycles. The molecule has 608 valence electrons. The van der Waals surface area contributed by atoms with E-state index in [1.807, 2.05) is 415 Å². The van der Waals surface area contributed by atoms with E-state index in [2.05, 4.69) is 0 Å². The Morgan fingerprint density at radius 1 is 0.0882 bits per heavy atom. The van der Waals surface area contributed by atoms with Crippen LogP contribution in [0.25, 0.3) is 54.1 Å². The molecule has 0 N–H and O–H groups in total. The van der Waals surface area contributed by atoms with Crippen LogP contribution >= 0.6 is 0 Å². The van der Waals surface area contributed by atoms with Crippen molar-refractivity contribution in [2.24, 2.45) is 108 Å². The third-order valence-corrected chi connectivity index (χ3v) is 14.2. The van der Waals surface area contributed by atoms with Crippen molar-refractivity contribution in [3.63, 3.8) is 0 Å². The largest absolute Gasteiger partial charge is 0.810 e. The van der Waals surface area contributed by atoms with E-state index in [0.29, 0.717) is 57.1 Å². The molecule has 0 saturated heterocycles. The van der Waals surface area contributed by atoms with Gasteiger partial charge in [0.15, 0.2) is 0 Å². The first-order valence-electron chi connectivity index (χ1n) is 37.2. The molecule has 0 aromatic rings. The van der Waals surface area contributed by atoms with Crippen LogP contribution in [0.15, 0.2) is 0 Å². The van der Waals surface area contributed by atoms with Crippen molar-refractivity contribution in [1.82, 2.24) is 0 Å². The molecule has 10 nitrogen and oxygen atoms in total. The average Bonchev–Trinajstić information content (AvgIpc) is 0.965. The van der Waals surface area contributed by atoms with Gasteiger partial charge in [-0.15, -0.1) is 0 Å². The predicted molar refractivity (Wildman–Crippen MR) is 473 cm³/mol. The van der Waals surface area contributed by atoms with Crippen LogP contribution in [-0.2, 0) is 0 Å². The quantitative estimate of drug-likeness (QED) is 0.207. The van der Waals surface area contributed by atoms with Gasteiger partial charge in [-0.1, -0.05) is 415 Å². The minimum absolute atomic E-state index is 0. The van der Waals surface area contributed by atoms with E-state index in [0.717, 1.165) is 0 Å². The molecule has 102 heavy (non-hydrogen) atoms. The molecule has 0 aliphatic carbocycles. The van der Waals surface area contributed by atoms with Crippen LogP contribution in [0.3, 0.4) is 0 Å². The van der Waals surface area contributed by atoms with E-state index in [-0.39, 0.29) is 171 Å². The Morgan fingerprint density at radius 3 is 0.108 bits per heavy atom. The third kappa shape index (κ3) is 67.0. The Balaban J connectivity index is -0.0000000880. The zero-order valence-electron chi connectivity index (χ0n) is 80.5. The van der Waals surface area contributed by atoms with Gasteiger partial charge in [-0.05, 0) is 108 Å². The Labute approximate surface area is 691 Å². The monoisotopic (exact) mass is 1880 g/mol. The molecule has 0 aromatic heterocycles. The molecule has 0 unspecified atom stereocenters. The van der Waals surface area contributed by atoms with E-state index < -0.39 is 0 Å². The van der Waals surface area contributed by atoms with Crippen LogP contribution in [0.5, 0.6) is 0 Å². The fourth-order valence-electron chi connectivity index (χ4n) is 11.2. The molecular formula is C90H180N10U2-10. The SMILES string of the molecule is CC(C)(C)C(=[N-])C(C)(C)C.CC(C)(C)C(=[N-])C(C)(C)C.CC(C)(C)C(=[N-])C(C)(C)C.CC(C)(C)C(=[N-])C(C)(C)C.CC(C)(C)C(=[N-])C(C)(C)C.CC(C)(C)C(=[N-])C(C)(C)C.CC(C)(C)C(=[N-])C(C)(C)C.CC(C)(C)C(=[N-])C(C)(C)C.CC(C)(C)C(=[N-])C(C)(C)C.CC(C)(C)C(=[N-])C(C)(C)C.[U].[U]. The second kappa shape index (κ2) is 44.0. The van der Waals surface area contributed by atoms with E-state index in [4.69, 9.17) is 0 Å². The van der Waals surface area contributed by atoms with Crippen molar-refractivity contribution < 1.29 is 62.2 Å². The average molecular weight is 1880 g/mol. The van der Waals surface area contributed by atoms with Crippen LogP contribution in [0.2, 0.25) is 0 Å². The minimum Gasteiger partial charge on any atom is -0.810 e. The molecule has 0 amide bonds. The summed E-state index contributed by atoms with van der Waals surface area (Å²) in [7, 11) is 0. The number of rotatable bonds is 0. The molecule has 0 fully saturated rings.